The van der Waals surface area contributed by atoms with E-state index in [1.54, 1.807) is 4.98 Å². The van der Waals surface area contributed by atoms with E-state index in [0.717, 1.165) is 51.6 Å². The van der Waals surface area contributed by atoms with Gasteiger partial charge in [-0.15, -0.1) is 0 Å². The summed E-state index contributed by atoms with van der Waals surface area (Å²) >= 11 is 0. The Kier molecular flexibility index (Phi) is 15.6. The van der Waals surface area contributed by atoms with E-state index in [4.69, 9.17) is 37.9 Å². The molecule has 0 bridgehead atoms. The van der Waals surface area contributed by atoms with Gasteiger partial charge in [0.05, 0.1) is 38.1 Å². The van der Waals surface area contributed by atoms with E-state index in [0.29, 0.717) is 54.5 Å². The molecule has 1 aromatic rings. The number of rotatable bonds is 8. The normalized spacial score (nSPS) is 51.5. The summed E-state index contributed by atoms with van der Waals surface area (Å²) in [6.07, 6.45) is -11.3. The second kappa shape index (κ2) is 20.7. The van der Waals surface area contributed by atoms with Crippen molar-refractivity contribution in [2.75, 3.05) is 19.8 Å². The van der Waals surface area contributed by atoms with E-state index in [1.807, 2.05) is 4.98 Å². The zero-order valence-electron chi connectivity index (χ0n) is 40.9. The van der Waals surface area contributed by atoms with Crippen LogP contribution in [0, 0.1) is 52.2 Å². The fourth-order valence-corrected chi connectivity index (χ4v) is 14.4. The minimum atomic E-state index is -1.82. The van der Waals surface area contributed by atoms with Crippen LogP contribution in [-0.4, -0.2) is 186 Å². The topological polar surface area (TPSA) is 322 Å². The molecule has 3 saturated carbocycles. The Morgan fingerprint density at radius 1 is 0.746 bits per heavy atom. The molecule has 0 amide bonds. The fraction of sp³-hybridized carbons (Fsp3) is 0.878. The smallest absolute Gasteiger partial charge is 0.325 e. The average molecular weight is 1020 g/mol. The summed E-state index contributed by atoms with van der Waals surface area (Å²) in [4.78, 5) is 24.0. The van der Waals surface area contributed by atoms with Gasteiger partial charge in [-0.25, -0.2) is 4.79 Å². The van der Waals surface area contributed by atoms with Gasteiger partial charge in [0.1, 0.15) is 67.1 Å². The number of ether oxygens (including phenoxy) is 8. The predicted octanol–water partition coefficient (Wildman–Crippen LogP) is -0.584. The first-order chi connectivity index (χ1) is 33.6. The summed E-state index contributed by atoms with van der Waals surface area (Å²) < 4.78 is 61.9. The molecule has 1 aromatic heterocycles. The summed E-state index contributed by atoms with van der Waals surface area (Å²) in [5.74, 6) is 1.57. The summed E-state index contributed by atoms with van der Waals surface area (Å²) in [5.41, 5.74) is -0.225. The minimum Gasteiger partial charge on any atom is -0.394 e. The third-order valence-electron chi connectivity index (χ3n) is 18.5. The molecule has 9 aliphatic rings. The minimum absolute atomic E-state index is 0.0356. The van der Waals surface area contributed by atoms with Gasteiger partial charge >= 0.3 is 5.69 Å². The Balaban J connectivity index is 0.000000626. The molecule has 11 N–H and O–H groups in total. The van der Waals surface area contributed by atoms with E-state index in [9.17, 15) is 59.9 Å². The van der Waals surface area contributed by atoms with Gasteiger partial charge in [-0.05, 0) is 98.7 Å². The van der Waals surface area contributed by atoms with Gasteiger partial charge in [0, 0.05) is 18.5 Å². The maximum atomic E-state index is 12.0. The van der Waals surface area contributed by atoms with Crippen molar-refractivity contribution in [1.82, 2.24) is 9.97 Å². The van der Waals surface area contributed by atoms with E-state index in [2.05, 4.69) is 33.8 Å². The van der Waals surface area contributed by atoms with Crippen molar-refractivity contribution in [3.05, 3.63) is 44.5 Å². The second-order valence-corrected chi connectivity index (χ2v) is 22.5. The van der Waals surface area contributed by atoms with Crippen molar-refractivity contribution in [2.24, 2.45) is 46.3 Å². The summed E-state index contributed by atoms with van der Waals surface area (Å²) in [5, 5.41) is 95.7. The SMILES string of the molecule is C[C@@H]1CC[C@@]2(OC1)O[C@H]1C[C@H]3[C@@H]4CC=C5C[C@@H](O[C@@H]6O[C@H](CO)[C@@H](O[C@@H]7O[C@H](CO)[C@@H](O)[C@H](O)[C@H]7O)[C@H](O)[C@H]6O[C@@H]6O[C@@H](C)[C@H](O)[C@@H](O)[C@H]6O)CC[C@]5(C)[C@H]4CC[C@]3(C)[C@H]1[C@@H]2C.O=c1[nH]cc(F)c(=O)[nH]1. The number of fused-ring (bicyclic) bond motifs is 7. The lowest BCUT2D eigenvalue weighted by atomic mass is 9.47. The summed E-state index contributed by atoms with van der Waals surface area (Å²) in [7, 11) is 0. The number of aromatic nitrogens is 2. The van der Waals surface area contributed by atoms with Crippen molar-refractivity contribution >= 4 is 0 Å². The zero-order valence-corrected chi connectivity index (χ0v) is 40.9. The first-order valence-corrected chi connectivity index (χ1v) is 25.5. The molecule has 8 fully saturated rings. The Labute approximate surface area is 410 Å². The van der Waals surface area contributed by atoms with Crippen molar-refractivity contribution in [1.29, 1.82) is 0 Å². The maximum Gasteiger partial charge on any atom is 0.325 e. The molecular weight excluding hydrogens is 940 g/mol. The zero-order chi connectivity index (χ0) is 51.1. The van der Waals surface area contributed by atoms with E-state index in [-0.39, 0.29) is 23.0 Å². The maximum absolute atomic E-state index is 12.0. The molecule has 22 heteroatoms. The Bertz CT molecular complexity index is 2160. The molecule has 5 saturated heterocycles. The molecule has 0 aromatic carbocycles. The van der Waals surface area contributed by atoms with Crippen LogP contribution in [0.3, 0.4) is 0 Å². The van der Waals surface area contributed by atoms with Gasteiger partial charge in [0.2, 0.25) is 5.82 Å². The van der Waals surface area contributed by atoms with Crippen LogP contribution in [0.4, 0.5) is 4.39 Å². The molecule has 402 valence electrons. The highest BCUT2D eigenvalue weighted by Crippen LogP contribution is 2.70. The summed E-state index contributed by atoms with van der Waals surface area (Å²) in [6.45, 7) is 10.4. The van der Waals surface area contributed by atoms with Gasteiger partial charge in [-0.3, -0.25) is 9.78 Å². The molecule has 71 heavy (non-hydrogen) atoms. The third kappa shape index (κ3) is 9.57. The van der Waals surface area contributed by atoms with E-state index in [1.165, 1.54) is 12.5 Å². The van der Waals surface area contributed by atoms with Crippen LogP contribution in [-0.2, 0) is 37.9 Å². The number of allylic oxidation sites excluding steroid dienone is 1. The highest BCUT2D eigenvalue weighted by atomic mass is 19.1. The molecule has 6 heterocycles. The van der Waals surface area contributed by atoms with Crippen LogP contribution >= 0.6 is 0 Å². The van der Waals surface area contributed by atoms with Crippen molar-refractivity contribution in [3.63, 3.8) is 0 Å². The highest BCUT2D eigenvalue weighted by Gasteiger charge is 2.69. The van der Waals surface area contributed by atoms with Crippen LogP contribution in [0.1, 0.15) is 92.4 Å². The molecule has 10 rings (SSSR count). The van der Waals surface area contributed by atoms with Gasteiger partial charge in [-0.2, -0.15) is 4.39 Å². The lowest BCUT2D eigenvalue weighted by Gasteiger charge is -2.58. The first kappa shape index (κ1) is 53.5. The molecule has 0 unspecified atom stereocenters. The largest absolute Gasteiger partial charge is 0.394 e. The number of aliphatic hydroxyl groups is 9. The highest BCUT2D eigenvalue weighted by molar-refractivity contribution is 5.26. The predicted molar refractivity (Wildman–Crippen MR) is 242 cm³/mol. The Morgan fingerprint density at radius 2 is 1.42 bits per heavy atom. The van der Waals surface area contributed by atoms with Crippen LogP contribution < -0.4 is 11.2 Å². The van der Waals surface area contributed by atoms with Gasteiger partial charge in [-0.1, -0.05) is 39.3 Å². The lowest BCUT2D eigenvalue weighted by Crippen LogP contribution is -2.67. The number of aromatic amines is 2. The van der Waals surface area contributed by atoms with Gasteiger partial charge < -0.3 is 88.8 Å². The number of hydrogen-bond donors (Lipinski definition) is 11. The van der Waals surface area contributed by atoms with Crippen molar-refractivity contribution < 1.29 is 88.2 Å². The number of H-pyrrole nitrogens is 2. The van der Waals surface area contributed by atoms with Crippen LogP contribution in [0.25, 0.3) is 0 Å². The van der Waals surface area contributed by atoms with E-state index < -0.39 is 128 Å². The Morgan fingerprint density at radius 3 is 2.08 bits per heavy atom. The monoisotopic (exact) mass is 1010 g/mol. The molecule has 4 aliphatic carbocycles. The average Bonchev–Trinajstić information content (AvgIpc) is 3.80. The molecule has 5 aliphatic heterocycles. The summed E-state index contributed by atoms with van der Waals surface area (Å²) in [6, 6.07) is 0. The lowest BCUT2D eigenvalue weighted by molar-refractivity contribution is -0.389. The number of halogens is 1. The van der Waals surface area contributed by atoms with Crippen LogP contribution in [0.5, 0.6) is 0 Å². The molecular formula is C49H75FN2O19. The third-order valence-corrected chi connectivity index (χ3v) is 18.5. The second-order valence-electron chi connectivity index (χ2n) is 22.5. The van der Waals surface area contributed by atoms with Gasteiger partial charge in [0.25, 0.3) is 5.56 Å². The van der Waals surface area contributed by atoms with Crippen molar-refractivity contribution in [3.8, 4) is 0 Å². The standard InChI is InChI=1S/C45H72O17.C4H3FN2O2/c1-19-8-13-45(55-18-19)20(2)30-27(62-45)15-26-24-7-6-22-14-23(9-11-43(22,4)25(24)10-12-44(26,30)5)57-42-39(61-40-35(52)33(50)31(48)21(3)56-40)37(54)38(29(17-47)59-42)60-41-36(53)34(51)32(49)28(16-46)58-41;5-2-1-6-4(9)7-3(2)8/h6,19-21,23-42,46-54H,7-18H2,1-5H3;1H,(H2,6,7,8,9)/t19-,20+,21+,23+,24-,25+,26+,27+,28-,29-,30+,31+,32-,33-,34+,35-,36-,37+,38-,39-,40+,41+,42-,43+,44+,45-;/m1./s1. The molecule has 26 atom stereocenters. The molecule has 21 nitrogen and oxygen atoms in total. The number of aliphatic hydroxyl groups excluding tert-OH is 9. The molecule has 1 spiro atoms. The van der Waals surface area contributed by atoms with Crippen LogP contribution in [0.2, 0.25) is 0 Å². The quantitative estimate of drug-likeness (QED) is 0.145. The van der Waals surface area contributed by atoms with Gasteiger partial charge in [0.15, 0.2) is 24.7 Å². The number of nitrogens with one attached hydrogen (secondary N) is 2. The van der Waals surface area contributed by atoms with Crippen molar-refractivity contribution in [2.45, 2.75) is 203 Å². The first-order valence-electron chi connectivity index (χ1n) is 25.5. The van der Waals surface area contributed by atoms with E-state index >= 15 is 0 Å². The number of hydrogen-bond acceptors (Lipinski definition) is 19. The fourth-order valence-electron chi connectivity index (χ4n) is 14.4. The Hall–Kier alpha value is -2.33. The molecule has 0 radical (unpaired) electrons. The van der Waals surface area contributed by atoms with Crippen LogP contribution in [0.15, 0.2) is 27.4 Å².